The topological polar surface area (TPSA) is 54.5 Å². The number of nitrogens with zero attached hydrogens (tertiary/aromatic N) is 1. The normalized spacial score (nSPS) is 18.9. The van der Waals surface area contributed by atoms with Crippen LogP contribution in [0.25, 0.3) is 0 Å². The van der Waals surface area contributed by atoms with Crippen molar-refractivity contribution in [3.05, 3.63) is 70.5 Å². The summed E-state index contributed by atoms with van der Waals surface area (Å²) in [6.45, 7) is 0.132. The van der Waals surface area contributed by atoms with Crippen molar-refractivity contribution in [3.63, 3.8) is 0 Å². The van der Waals surface area contributed by atoms with Gasteiger partial charge in [0.15, 0.2) is 9.84 Å². The molecule has 2 aromatic carbocycles. The maximum atomic E-state index is 14.1. The van der Waals surface area contributed by atoms with Crippen LogP contribution in [0.4, 0.5) is 4.39 Å². The second kappa shape index (κ2) is 7.14. The minimum Gasteiger partial charge on any atom is -0.330 e. The molecule has 1 aliphatic rings. The van der Waals surface area contributed by atoms with Crippen molar-refractivity contribution in [2.45, 2.75) is 19.0 Å². The Hall–Kier alpha value is -1.92. The predicted octanol–water partition coefficient (Wildman–Crippen LogP) is 3.31. The monoisotopic (exact) mass is 381 g/mol. The van der Waals surface area contributed by atoms with Crippen LogP contribution in [0.1, 0.15) is 22.3 Å². The Morgan fingerprint density at radius 1 is 1.16 bits per heavy atom. The van der Waals surface area contributed by atoms with Crippen LogP contribution in [0.3, 0.4) is 0 Å². The van der Waals surface area contributed by atoms with Crippen molar-refractivity contribution in [1.29, 1.82) is 0 Å². The second-order valence-electron chi connectivity index (χ2n) is 6.06. The van der Waals surface area contributed by atoms with Gasteiger partial charge >= 0.3 is 0 Å². The first kappa shape index (κ1) is 17.9. The van der Waals surface area contributed by atoms with E-state index in [1.165, 1.54) is 23.1 Å². The molecule has 0 radical (unpaired) electrons. The highest BCUT2D eigenvalue weighted by Gasteiger charge is 2.35. The minimum absolute atomic E-state index is 0.0290. The first-order valence-electron chi connectivity index (χ1n) is 7.87. The van der Waals surface area contributed by atoms with Gasteiger partial charge in [-0.1, -0.05) is 41.9 Å². The smallest absolute Gasteiger partial charge is 0.257 e. The molecule has 0 unspecified atom stereocenters. The molecule has 0 N–H and O–H groups in total. The molecule has 4 nitrogen and oxygen atoms in total. The van der Waals surface area contributed by atoms with Gasteiger partial charge < -0.3 is 4.90 Å². The molecule has 1 saturated heterocycles. The maximum Gasteiger partial charge on any atom is 0.257 e. The summed E-state index contributed by atoms with van der Waals surface area (Å²) >= 11 is 6.18. The van der Waals surface area contributed by atoms with Gasteiger partial charge in [-0.3, -0.25) is 4.79 Å². The van der Waals surface area contributed by atoms with Crippen molar-refractivity contribution in [3.8, 4) is 0 Å². The zero-order valence-electron chi connectivity index (χ0n) is 13.4. The summed E-state index contributed by atoms with van der Waals surface area (Å²) in [7, 11) is -3.19. The van der Waals surface area contributed by atoms with Crippen LogP contribution in [-0.4, -0.2) is 36.8 Å². The molecule has 1 atom stereocenters. The molecule has 132 valence electrons. The molecule has 0 bridgehead atoms. The number of amides is 1. The van der Waals surface area contributed by atoms with E-state index in [4.69, 9.17) is 11.6 Å². The third-order valence-electron chi connectivity index (χ3n) is 4.31. The van der Waals surface area contributed by atoms with Crippen molar-refractivity contribution in [1.82, 2.24) is 4.90 Å². The highest BCUT2D eigenvalue weighted by atomic mass is 35.5. The first-order valence-corrected chi connectivity index (χ1v) is 10.1. The van der Waals surface area contributed by atoms with Gasteiger partial charge in [-0.05, 0) is 30.2 Å². The molecule has 1 fully saturated rings. The third-order valence-corrected chi connectivity index (χ3v) is 6.43. The van der Waals surface area contributed by atoms with E-state index < -0.39 is 27.6 Å². The van der Waals surface area contributed by atoms with Gasteiger partial charge in [-0.15, -0.1) is 0 Å². The van der Waals surface area contributed by atoms with Gasteiger partial charge in [0.25, 0.3) is 5.91 Å². The number of benzene rings is 2. The fourth-order valence-electron chi connectivity index (χ4n) is 2.99. The van der Waals surface area contributed by atoms with Gasteiger partial charge in [0.2, 0.25) is 0 Å². The number of carbonyl (C=O) groups excluding carboxylic acids is 1. The lowest BCUT2D eigenvalue weighted by molar-refractivity contribution is 0.0676. The summed E-state index contributed by atoms with van der Waals surface area (Å²) < 4.78 is 37.8. The molecular formula is C18H17ClFNO3S. The lowest BCUT2D eigenvalue weighted by atomic mass is 10.1. The van der Waals surface area contributed by atoms with Crippen LogP contribution < -0.4 is 0 Å². The van der Waals surface area contributed by atoms with Gasteiger partial charge in [0, 0.05) is 17.6 Å². The first-order chi connectivity index (χ1) is 11.9. The lowest BCUT2D eigenvalue weighted by Gasteiger charge is -2.29. The zero-order valence-corrected chi connectivity index (χ0v) is 14.9. The Balaban J connectivity index is 1.96. The van der Waals surface area contributed by atoms with E-state index in [-0.39, 0.29) is 23.6 Å². The summed E-state index contributed by atoms with van der Waals surface area (Å²) in [6.07, 6.45) is 0.340. The molecule has 7 heteroatoms. The fraction of sp³-hybridized carbons (Fsp3) is 0.278. The molecule has 3 rings (SSSR count). The predicted molar refractivity (Wildman–Crippen MR) is 94.8 cm³/mol. The molecule has 0 aliphatic carbocycles. The Kier molecular flexibility index (Phi) is 5.11. The highest BCUT2D eigenvalue weighted by Crippen LogP contribution is 2.25. The van der Waals surface area contributed by atoms with Crippen molar-refractivity contribution < 1.29 is 17.6 Å². The number of halogens is 2. The average molecular weight is 382 g/mol. The molecule has 0 spiro atoms. The number of carbonyl (C=O) groups is 1. The van der Waals surface area contributed by atoms with Crippen molar-refractivity contribution >= 4 is 27.3 Å². The van der Waals surface area contributed by atoms with E-state index in [9.17, 15) is 17.6 Å². The molecule has 1 amide bonds. The Labute approximate surface area is 151 Å². The lowest BCUT2D eigenvalue weighted by Crippen LogP contribution is -2.41. The molecule has 2 aromatic rings. The standard InChI is InChI=1S/C18H17ClFNO3S/c19-16-7-3-1-5-13(16)11-21(14-9-10-25(23,24)12-14)18(22)15-6-2-4-8-17(15)20/h1-8,14H,9-12H2/t14-/m0/s1. The van der Waals surface area contributed by atoms with E-state index >= 15 is 0 Å². The Morgan fingerprint density at radius 2 is 1.84 bits per heavy atom. The van der Waals surface area contributed by atoms with Crippen LogP contribution in [0, 0.1) is 5.82 Å². The summed E-state index contributed by atoms with van der Waals surface area (Å²) in [4.78, 5) is 14.3. The molecule has 0 aromatic heterocycles. The van der Waals surface area contributed by atoms with Gasteiger partial charge in [-0.2, -0.15) is 0 Å². The zero-order chi connectivity index (χ0) is 18.0. The number of hydrogen-bond donors (Lipinski definition) is 0. The number of sulfone groups is 1. The van der Waals surface area contributed by atoms with E-state index in [1.54, 1.807) is 30.3 Å². The average Bonchev–Trinajstić information content (AvgIpc) is 2.94. The van der Waals surface area contributed by atoms with E-state index in [1.807, 2.05) is 0 Å². The largest absolute Gasteiger partial charge is 0.330 e. The quantitative estimate of drug-likeness (QED) is 0.816. The summed E-state index contributed by atoms with van der Waals surface area (Å²) in [5, 5.41) is 0.481. The summed E-state index contributed by atoms with van der Waals surface area (Å²) in [5.74, 6) is -1.24. The molecular weight excluding hydrogens is 365 g/mol. The summed E-state index contributed by atoms with van der Waals surface area (Å²) in [5.41, 5.74) is 0.622. The SMILES string of the molecule is O=C(c1ccccc1F)N(Cc1ccccc1Cl)[C@H]1CCS(=O)(=O)C1. The van der Waals surface area contributed by atoms with Crippen LogP contribution in [0.2, 0.25) is 5.02 Å². The molecule has 1 heterocycles. The third kappa shape index (κ3) is 4.02. The van der Waals surface area contributed by atoms with Crippen molar-refractivity contribution in [2.75, 3.05) is 11.5 Å². The van der Waals surface area contributed by atoms with Crippen molar-refractivity contribution in [2.24, 2.45) is 0 Å². The fourth-order valence-corrected chi connectivity index (χ4v) is 4.91. The number of hydrogen-bond acceptors (Lipinski definition) is 3. The van der Waals surface area contributed by atoms with E-state index in [2.05, 4.69) is 0 Å². The maximum absolute atomic E-state index is 14.1. The van der Waals surface area contributed by atoms with Gasteiger partial charge in [0.05, 0.1) is 17.1 Å². The highest BCUT2D eigenvalue weighted by molar-refractivity contribution is 7.91. The summed E-state index contributed by atoms with van der Waals surface area (Å²) in [6, 6.07) is 12.2. The molecule has 25 heavy (non-hydrogen) atoms. The van der Waals surface area contributed by atoms with Crippen LogP contribution in [0.5, 0.6) is 0 Å². The molecule has 0 saturated carbocycles. The Morgan fingerprint density at radius 3 is 2.48 bits per heavy atom. The Bertz CT molecular complexity index is 901. The van der Waals surface area contributed by atoms with E-state index in [0.29, 0.717) is 17.0 Å². The second-order valence-corrected chi connectivity index (χ2v) is 8.70. The molecule has 1 aliphatic heterocycles. The van der Waals surface area contributed by atoms with Gasteiger partial charge in [-0.25, -0.2) is 12.8 Å². The van der Waals surface area contributed by atoms with Crippen LogP contribution in [0.15, 0.2) is 48.5 Å². The van der Waals surface area contributed by atoms with E-state index in [0.717, 1.165) is 0 Å². The minimum atomic E-state index is -3.19. The van der Waals surface area contributed by atoms with Crippen LogP contribution >= 0.6 is 11.6 Å². The van der Waals surface area contributed by atoms with Crippen LogP contribution in [-0.2, 0) is 16.4 Å². The number of rotatable bonds is 4. The van der Waals surface area contributed by atoms with Gasteiger partial charge in [0.1, 0.15) is 5.82 Å².